The highest BCUT2D eigenvalue weighted by Gasteiger charge is 2.19. The molecular weight excluding hydrogens is 376 g/mol. The van der Waals surface area contributed by atoms with E-state index in [0.29, 0.717) is 17.4 Å². The largest absolute Gasteiger partial charge is 0.497 e. The monoisotopic (exact) mass is 396 g/mol. The number of thiazole rings is 1. The van der Waals surface area contributed by atoms with E-state index in [-0.39, 0.29) is 12.5 Å². The second-order valence-corrected chi connectivity index (χ2v) is 6.83. The lowest BCUT2D eigenvalue weighted by atomic mass is 10.2. The van der Waals surface area contributed by atoms with Crippen LogP contribution in [-0.2, 0) is 14.3 Å². The summed E-state index contributed by atoms with van der Waals surface area (Å²) in [4.78, 5) is 30.4. The van der Waals surface area contributed by atoms with Gasteiger partial charge in [-0.1, -0.05) is 35.6 Å². The molecule has 0 bridgehead atoms. The number of methoxy groups -OCH3 is 1. The summed E-state index contributed by atoms with van der Waals surface area (Å²) in [6.07, 6.45) is 2.90. The third-order valence-corrected chi connectivity index (χ3v) is 5.03. The molecule has 0 N–H and O–H groups in total. The van der Waals surface area contributed by atoms with Crippen LogP contribution >= 0.6 is 11.3 Å². The van der Waals surface area contributed by atoms with Gasteiger partial charge in [0.2, 0.25) is 0 Å². The Labute approximate surface area is 167 Å². The third-order valence-electron chi connectivity index (χ3n) is 3.97. The van der Waals surface area contributed by atoms with E-state index in [2.05, 4.69) is 4.98 Å². The van der Waals surface area contributed by atoms with Crippen LogP contribution in [0.4, 0.5) is 5.13 Å². The van der Waals surface area contributed by atoms with Crippen molar-refractivity contribution >= 4 is 44.6 Å². The number of amides is 1. The average Bonchev–Trinajstić information content (AvgIpc) is 3.15. The Balaban J connectivity index is 1.59. The minimum Gasteiger partial charge on any atom is -0.497 e. The topological polar surface area (TPSA) is 68.7 Å². The number of benzene rings is 2. The Morgan fingerprint density at radius 2 is 2.00 bits per heavy atom. The van der Waals surface area contributed by atoms with Gasteiger partial charge < -0.3 is 9.47 Å². The number of hydrogen-bond donors (Lipinski definition) is 0. The van der Waals surface area contributed by atoms with Crippen molar-refractivity contribution in [3.05, 3.63) is 60.2 Å². The van der Waals surface area contributed by atoms with Gasteiger partial charge in [-0.2, -0.15) is 0 Å². The summed E-state index contributed by atoms with van der Waals surface area (Å²) in [5.74, 6) is -0.207. The maximum Gasteiger partial charge on any atom is 0.331 e. The average molecular weight is 396 g/mol. The van der Waals surface area contributed by atoms with E-state index in [1.54, 1.807) is 19.3 Å². The van der Waals surface area contributed by atoms with Crippen molar-refractivity contribution < 1.29 is 19.1 Å². The van der Waals surface area contributed by atoms with Crippen LogP contribution < -0.4 is 9.64 Å². The zero-order valence-electron chi connectivity index (χ0n) is 15.6. The van der Waals surface area contributed by atoms with E-state index in [1.165, 1.54) is 22.3 Å². The molecule has 6 nitrogen and oxygen atoms in total. The lowest BCUT2D eigenvalue weighted by Gasteiger charge is -2.17. The first-order valence-corrected chi connectivity index (χ1v) is 9.57. The van der Waals surface area contributed by atoms with Crippen LogP contribution in [0, 0.1) is 0 Å². The first-order chi connectivity index (χ1) is 13.6. The normalized spacial score (nSPS) is 10.9. The van der Waals surface area contributed by atoms with E-state index in [0.717, 1.165) is 15.8 Å². The summed E-state index contributed by atoms with van der Waals surface area (Å²) in [6, 6.07) is 15.0. The Bertz CT molecular complexity index is 979. The predicted molar refractivity (Wildman–Crippen MR) is 111 cm³/mol. The first-order valence-electron chi connectivity index (χ1n) is 8.75. The van der Waals surface area contributed by atoms with E-state index >= 15 is 0 Å². The first kappa shape index (κ1) is 19.6. The zero-order chi connectivity index (χ0) is 19.9. The van der Waals surface area contributed by atoms with Gasteiger partial charge in [-0.15, -0.1) is 0 Å². The molecule has 28 heavy (non-hydrogen) atoms. The minimum absolute atomic E-state index is 0.315. The van der Waals surface area contributed by atoms with Crippen molar-refractivity contribution in [3.63, 3.8) is 0 Å². The Morgan fingerprint density at radius 3 is 2.75 bits per heavy atom. The molecule has 0 fully saturated rings. The molecule has 0 saturated carbocycles. The molecule has 2 aromatic carbocycles. The van der Waals surface area contributed by atoms with Gasteiger partial charge in [0, 0.05) is 12.6 Å². The van der Waals surface area contributed by atoms with Crippen LogP contribution in [0.25, 0.3) is 16.3 Å². The van der Waals surface area contributed by atoms with E-state index in [4.69, 9.17) is 9.47 Å². The summed E-state index contributed by atoms with van der Waals surface area (Å²) < 4.78 is 11.2. The number of carbonyl (C=O) groups excluding carboxylic acids is 2. The van der Waals surface area contributed by atoms with Crippen molar-refractivity contribution in [1.29, 1.82) is 0 Å². The Kier molecular flexibility index (Phi) is 6.39. The minimum atomic E-state index is -0.587. The highest BCUT2D eigenvalue weighted by Crippen LogP contribution is 2.28. The number of ether oxygens (including phenoxy) is 2. The summed E-state index contributed by atoms with van der Waals surface area (Å²) in [6.45, 7) is 1.95. The van der Waals surface area contributed by atoms with Gasteiger partial charge in [0.05, 0.1) is 17.3 Å². The quantitative estimate of drug-likeness (QED) is 0.447. The second-order valence-electron chi connectivity index (χ2n) is 5.82. The maximum atomic E-state index is 12.5. The summed E-state index contributed by atoms with van der Waals surface area (Å²) in [7, 11) is 1.58. The molecule has 1 amide bonds. The molecule has 3 aromatic rings. The number of para-hydroxylation sites is 1. The molecule has 1 heterocycles. The van der Waals surface area contributed by atoms with Gasteiger partial charge in [0.1, 0.15) is 5.75 Å². The van der Waals surface area contributed by atoms with Crippen LogP contribution in [0.2, 0.25) is 0 Å². The van der Waals surface area contributed by atoms with Crippen LogP contribution in [0.3, 0.4) is 0 Å². The van der Waals surface area contributed by atoms with Gasteiger partial charge >= 0.3 is 5.97 Å². The number of carbonyl (C=O) groups is 2. The highest BCUT2D eigenvalue weighted by molar-refractivity contribution is 7.22. The van der Waals surface area contributed by atoms with E-state index in [1.807, 2.05) is 49.4 Å². The number of anilines is 1. The lowest BCUT2D eigenvalue weighted by Crippen LogP contribution is -2.34. The highest BCUT2D eigenvalue weighted by atomic mass is 32.1. The molecule has 144 valence electrons. The number of nitrogens with zero attached hydrogens (tertiary/aromatic N) is 2. The smallest absolute Gasteiger partial charge is 0.331 e. The maximum absolute atomic E-state index is 12.5. The molecule has 7 heteroatoms. The number of esters is 1. The van der Waals surface area contributed by atoms with Crippen molar-refractivity contribution in [1.82, 2.24) is 4.98 Å². The fourth-order valence-electron chi connectivity index (χ4n) is 2.56. The molecular formula is C21H20N2O4S. The number of rotatable bonds is 7. The SMILES string of the molecule is CCN(C(=O)COC(=O)/C=C/c1cccc(OC)c1)c1nc2ccccc2s1. The number of hydrogen-bond acceptors (Lipinski definition) is 6. The van der Waals surface area contributed by atoms with Crippen LogP contribution in [0.5, 0.6) is 5.75 Å². The summed E-state index contributed by atoms with van der Waals surface area (Å²) >= 11 is 1.43. The van der Waals surface area contributed by atoms with Crippen LogP contribution in [0.1, 0.15) is 12.5 Å². The molecule has 0 aliphatic carbocycles. The summed E-state index contributed by atoms with van der Waals surface area (Å²) in [5, 5.41) is 0.594. The number of aromatic nitrogens is 1. The van der Waals surface area contributed by atoms with Crippen molar-refractivity contribution in [2.24, 2.45) is 0 Å². The summed E-state index contributed by atoms with van der Waals surface area (Å²) in [5.41, 5.74) is 1.64. The molecule has 0 radical (unpaired) electrons. The molecule has 3 rings (SSSR count). The fraction of sp³-hybridized carbons (Fsp3) is 0.190. The Hall–Kier alpha value is -3.19. The fourth-order valence-corrected chi connectivity index (χ4v) is 3.61. The molecule has 0 aliphatic heterocycles. The van der Waals surface area contributed by atoms with Crippen LogP contribution in [-0.4, -0.2) is 37.1 Å². The number of fused-ring (bicyclic) bond motifs is 1. The number of likely N-dealkylation sites (N-methyl/N-ethyl adjacent to an activating group) is 1. The van der Waals surface area contributed by atoms with Crippen molar-refractivity contribution in [2.45, 2.75) is 6.92 Å². The standard InChI is InChI=1S/C21H20N2O4S/c1-3-23(21-22-17-9-4-5-10-18(17)28-21)19(24)14-27-20(25)12-11-15-7-6-8-16(13-15)26-2/h4-13H,3,14H2,1-2H3/b12-11+. The zero-order valence-corrected chi connectivity index (χ0v) is 16.4. The van der Waals surface area contributed by atoms with Crippen molar-refractivity contribution in [3.8, 4) is 5.75 Å². The molecule has 0 atom stereocenters. The molecule has 0 aliphatic rings. The van der Waals surface area contributed by atoms with Gasteiger partial charge in [-0.25, -0.2) is 9.78 Å². The third kappa shape index (κ3) is 4.75. The van der Waals surface area contributed by atoms with Crippen molar-refractivity contribution in [2.75, 3.05) is 25.2 Å². The molecule has 0 saturated heterocycles. The Morgan fingerprint density at radius 1 is 1.18 bits per heavy atom. The molecule has 0 unspecified atom stereocenters. The predicted octanol–water partition coefficient (Wildman–Crippen LogP) is 3.91. The second kappa shape index (κ2) is 9.14. The van der Waals surface area contributed by atoms with E-state index < -0.39 is 5.97 Å². The molecule has 0 spiro atoms. The van der Waals surface area contributed by atoms with E-state index in [9.17, 15) is 9.59 Å². The van der Waals surface area contributed by atoms with Gasteiger partial charge in [-0.3, -0.25) is 9.69 Å². The van der Waals surface area contributed by atoms with Gasteiger partial charge in [0.15, 0.2) is 11.7 Å². The van der Waals surface area contributed by atoms with Gasteiger partial charge in [-0.05, 0) is 42.8 Å². The van der Waals surface area contributed by atoms with Gasteiger partial charge in [0.25, 0.3) is 5.91 Å². The lowest BCUT2D eigenvalue weighted by molar-refractivity contribution is -0.142. The molecule has 1 aromatic heterocycles. The van der Waals surface area contributed by atoms with Crippen LogP contribution in [0.15, 0.2) is 54.6 Å².